The number of rotatable bonds is 8. The van der Waals surface area contributed by atoms with Crippen LogP contribution >= 0.6 is 0 Å². The van der Waals surface area contributed by atoms with Crippen LogP contribution in [-0.4, -0.2) is 57.6 Å². The minimum absolute atomic E-state index is 0.611. The molecule has 0 N–H and O–H groups in total. The fraction of sp³-hybridized carbons (Fsp3) is 0.381. The van der Waals surface area contributed by atoms with E-state index in [-0.39, 0.29) is 0 Å². The zero-order valence-electron chi connectivity index (χ0n) is 15.3. The predicted octanol–water partition coefficient (Wildman–Crippen LogP) is 3.10. The van der Waals surface area contributed by atoms with E-state index in [9.17, 15) is 4.79 Å². The lowest BCUT2D eigenvalue weighted by atomic mass is 10.2. The van der Waals surface area contributed by atoms with E-state index in [1.165, 1.54) is 5.69 Å². The maximum absolute atomic E-state index is 11.0. The average molecular weight is 354 g/mol. The van der Waals surface area contributed by atoms with Gasteiger partial charge < -0.3 is 14.4 Å². The summed E-state index contributed by atoms with van der Waals surface area (Å²) in [6.07, 6.45) is 1.79. The molecule has 0 atom stereocenters. The van der Waals surface area contributed by atoms with Crippen LogP contribution in [0.15, 0.2) is 48.5 Å². The van der Waals surface area contributed by atoms with Crippen LogP contribution in [0.2, 0.25) is 0 Å². The van der Waals surface area contributed by atoms with E-state index in [4.69, 9.17) is 9.47 Å². The minimum atomic E-state index is 0.611. The smallest absolute Gasteiger partial charge is 0.153 e. The molecule has 1 aliphatic heterocycles. The molecule has 26 heavy (non-hydrogen) atoms. The molecule has 138 valence electrons. The Morgan fingerprint density at radius 1 is 1.04 bits per heavy atom. The summed E-state index contributed by atoms with van der Waals surface area (Å²) in [7, 11) is 1.70. The molecule has 2 aromatic carbocycles. The molecule has 5 nitrogen and oxygen atoms in total. The van der Waals surface area contributed by atoms with Gasteiger partial charge in [-0.1, -0.05) is 18.2 Å². The zero-order valence-corrected chi connectivity index (χ0v) is 15.3. The molecule has 0 spiro atoms. The molecule has 1 heterocycles. The third-order valence-electron chi connectivity index (χ3n) is 4.71. The summed E-state index contributed by atoms with van der Waals surface area (Å²) in [5.74, 6) is 1.57. The van der Waals surface area contributed by atoms with Crippen molar-refractivity contribution in [3.63, 3.8) is 0 Å². The Morgan fingerprint density at radius 2 is 1.85 bits per heavy atom. The van der Waals surface area contributed by atoms with Crippen molar-refractivity contribution in [2.75, 3.05) is 51.3 Å². The summed E-state index contributed by atoms with van der Waals surface area (Å²) < 4.78 is 11.1. The van der Waals surface area contributed by atoms with Gasteiger partial charge in [0.25, 0.3) is 0 Å². The van der Waals surface area contributed by atoms with Crippen molar-refractivity contribution in [3.8, 4) is 11.5 Å². The van der Waals surface area contributed by atoms with E-state index < -0.39 is 0 Å². The van der Waals surface area contributed by atoms with Crippen LogP contribution in [0.4, 0.5) is 5.69 Å². The lowest BCUT2D eigenvalue weighted by Crippen LogP contribution is -2.46. The van der Waals surface area contributed by atoms with Crippen molar-refractivity contribution in [2.45, 2.75) is 6.42 Å². The number of methoxy groups -OCH3 is 1. The molecule has 1 fully saturated rings. The summed E-state index contributed by atoms with van der Waals surface area (Å²) in [6, 6.07) is 15.6. The molecule has 5 heteroatoms. The van der Waals surface area contributed by atoms with Gasteiger partial charge in [0.2, 0.25) is 0 Å². The highest BCUT2D eigenvalue weighted by Gasteiger charge is 2.17. The number of carbonyl (C=O) groups excluding carboxylic acids is 1. The Labute approximate surface area is 155 Å². The number of benzene rings is 2. The second kappa shape index (κ2) is 9.25. The monoisotopic (exact) mass is 354 g/mol. The molecule has 2 aromatic rings. The molecule has 1 aliphatic rings. The van der Waals surface area contributed by atoms with Crippen molar-refractivity contribution >= 4 is 12.0 Å². The molecule has 0 amide bonds. The largest absolute Gasteiger partial charge is 0.497 e. The summed E-state index contributed by atoms with van der Waals surface area (Å²) in [6.45, 7) is 5.75. The first kappa shape index (κ1) is 18.3. The number of carbonyl (C=O) groups is 1. The number of ether oxygens (including phenoxy) is 2. The first-order chi connectivity index (χ1) is 12.8. The first-order valence-corrected chi connectivity index (χ1v) is 9.08. The normalized spacial score (nSPS) is 14.9. The third kappa shape index (κ3) is 4.76. The number of nitrogens with zero attached hydrogens (tertiary/aromatic N) is 2. The Morgan fingerprint density at radius 3 is 2.62 bits per heavy atom. The Bertz CT molecular complexity index is 712. The van der Waals surface area contributed by atoms with E-state index in [2.05, 4.69) is 21.9 Å². The first-order valence-electron chi connectivity index (χ1n) is 9.08. The number of hydrogen-bond acceptors (Lipinski definition) is 5. The van der Waals surface area contributed by atoms with Gasteiger partial charge in [0.1, 0.15) is 11.5 Å². The van der Waals surface area contributed by atoms with Gasteiger partial charge in [-0.25, -0.2) is 0 Å². The van der Waals surface area contributed by atoms with E-state index in [0.717, 1.165) is 51.2 Å². The highest BCUT2D eigenvalue weighted by molar-refractivity contribution is 5.79. The van der Waals surface area contributed by atoms with Crippen LogP contribution in [0.25, 0.3) is 0 Å². The Kier molecular flexibility index (Phi) is 6.50. The van der Waals surface area contributed by atoms with E-state index in [1.807, 2.05) is 30.3 Å². The molecular formula is C21H26N2O3. The third-order valence-corrected chi connectivity index (χ3v) is 4.71. The topological polar surface area (TPSA) is 42.0 Å². The standard InChI is InChI=1S/C21H26N2O3/c1-25-20-8-4-7-19(16-20)23-13-11-22(12-14-23)10-5-15-26-21-9-3-2-6-18(21)17-24/h2-4,6-9,16-17H,5,10-15H2,1H3. The minimum Gasteiger partial charge on any atom is -0.497 e. The Balaban J connectivity index is 1.39. The van der Waals surface area contributed by atoms with Crippen LogP contribution in [-0.2, 0) is 0 Å². The molecule has 0 aromatic heterocycles. The number of piperazine rings is 1. The van der Waals surface area contributed by atoms with Gasteiger partial charge >= 0.3 is 0 Å². The maximum atomic E-state index is 11.0. The van der Waals surface area contributed by atoms with Crippen LogP contribution in [0, 0.1) is 0 Å². The molecule has 0 unspecified atom stereocenters. The number of para-hydroxylation sites is 1. The highest BCUT2D eigenvalue weighted by atomic mass is 16.5. The van der Waals surface area contributed by atoms with Crippen LogP contribution < -0.4 is 14.4 Å². The maximum Gasteiger partial charge on any atom is 0.153 e. The molecule has 0 aliphatic carbocycles. The second-order valence-electron chi connectivity index (χ2n) is 6.39. The molecule has 0 bridgehead atoms. The fourth-order valence-corrected chi connectivity index (χ4v) is 3.22. The van der Waals surface area contributed by atoms with Crippen molar-refractivity contribution in [1.82, 2.24) is 4.90 Å². The molecule has 0 radical (unpaired) electrons. The average Bonchev–Trinajstić information content (AvgIpc) is 2.72. The van der Waals surface area contributed by atoms with Crippen molar-refractivity contribution < 1.29 is 14.3 Å². The lowest BCUT2D eigenvalue weighted by molar-refractivity contribution is 0.111. The van der Waals surface area contributed by atoms with Crippen LogP contribution in [0.3, 0.4) is 0 Å². The van der Waals surface area contributed by atoms with Gasteiger partial charge in [-0.05, 0) is 30.7 Å². The van der Waals surface area contributed by atoms with Crippen LogP contribution in [0.1, 0.15) is 16.8 Å². The molecule has 0 saturated carbocycles. The summed E-state index contributed by atoms with van der Waals surface area (Å²) >= 11 is 0. The SMILES string of the molecule is COc1cccc(N2CCN(CCCOc3ccccc3C=O)CC2)c1. The van der Waals surface area contributed by atoms with Gasteiger partial charge in [0.05, 0.1) is 19.3 Å². The highest BCUT2D eigenvalue weighted by Crippen LogP contribution is 2.22. The predicted molar refractivity (Wildman–Crippen MR) is 104 cm³/mol. The number of hydrogen-bond donors (Lipinski definition) is 0. The molecule has 3 rings (SSSR count). The summed E-state index contributed by atoms with van der Waals surface area (Å²) in [5.41, 5.74) is 1.83. The van der Waals surface area contributed by atoms with E-state index in [1.54, 1.807) is 13.2 Å². The van der Waals surface area contributed by atoms with E-state index >= 15 is 0 Å². The van der Waals surface area contributed by atoms with Gasteiger partial charge in [0.15, 0.2) is 6.29 Å². The number of aldehydes is 1. The zero-order chi connectivity index (χ0) is 18.2. The lowest BCUT2D eigenvalue weighted by Gasteiger charge is -2.36. The summed E-state index contributed by atoms with van der Waals surface area (Å²) in [5, 5.41) is 0. The van der Waals surface area contributed by atoms with Crippen molar-refractivity contribution in [3.05, 3.63) is 54.1 Å². The van der Waals surface area contributed by atoms with Gasteiger partial charge in [-0.15, -0.1) is 0 Å². The van der Waals surface area contributed by atoms with Crippen molar-refractivity contribution in [2.24, 2.45) is 0 Å². The van der Waals surface area contributed by atoms with E-state index in [0.29, 0.717) is 17.9 Å². The Hall–Kier alpha value is -2.53. The second-order valence-corrected chi connectivity index (χ2v) is 6.39. The quantitative estimate of drug-likeness (QED) is 0.538. The number of anilines is 1. The fourth-order valence-electron chi connectivity index (χ4n) is 3.22. The van der Waals surface area contributed by atoms with Gasteiger partial charge in [-0.3, -0.25) is 9.69 Å². The summed E-state index contributed by atoms with van der Waals surface area (Å²) in [4.78, 5) is 15.9. The van der Waals surface area contributed by atoms with Crippen LogP contribution in [0.5, 0.6) is 11.5 Å². The molecule has 1 saturated heterocycles. The molecular weight excluding hydrogens is 328 g/mol. The van der Waals surface area contributed by atoms with Crippen molar-refractivity contribution in [1.29, 1.82) is 0 Å². The van der Waals surface area contributed by atoms with Gasteiger partial charge in [0, 0.05) is 44.5 Å². The van der Waals surface area contributed by atoms with Gasteiger partial charge in [-0.2, -0.15) is 0 Å².